The molecule has 0 aliphatic heterocycles. The number of nitrogens with zero attached hydrogens (tertiary/aromatic N) is 2. The maximum Gasteiger partial charge on any atom is 0.143 e. The van der Waals surface area contributed by atoms with Crippen LogP contribution in [0.2, 0.25) is 0 Å². The monoisotopic (exact) mass is 944 g/mol. The van der Waals surface area contributed by atoms with Crippen molar-refractivity contribution >= 4 is 121 Å². The fourth-order valence-corrected chi connectivity index (χ4v) is 11.6. The average molecular weight is 945 g/mol. The summed E-state index contributed by atoms with van der Waals surface area (Å²) in [5.41, 5.74) is 14.6. The standard InChI is InChI=1S/C70H44N2O2/c1-5-17-49(18-6-1)71(50-19-7-2-8-20-50)53-33-29-45(30-34-53)63-43-47-41-62-48(42-61(47)57-37-39-59-55-25-13-15-27-65(55)73-69(59)67(57)63)44-64(68-58(62)38-40-60-56-26-14-16-28-66(56)74-70(60)68)46-31-35-54(36-32-46)72(51-21-9-3-10-22-51)52-23-11-4-12-24-52/h1-44H. The van der Waals surface area contributed by atoms with Gasteiger partial charge < -0.3 is 18.6 Å². The predicted molar refractivity (Wildman–Crippen MR) is 311 cm³/mol. The Balaban J connectivity index is 0.965. The normalized spacial score (nSPS) is 11.8. The van der Waals surface area contributed by atoms with Gasteiger partial charge in [-0.3, -0.25) is 0 Å². The minimum atomic E-state index is 0.881. The van der Waals surface area contributed by atoms with Crippen LogP contribution in [0.4, 0.5) is 34.1 Å². The molecule has 74 heavy (non-hydrogen) atoms. The zero-order valence-corrected chi connectivity index (χ0v) is 40.1. The Morgan fingerprint density at radius 2 is 0.541 bits per heavy atom. The molecule has 0 spiro atoms. The molecular weight excluding hydrogens is 901 g/mol. The lowest BCUT2D eigenvalue weighted by Gasteiger charge is -2.25. The van der Waals surface area contributed by atoms with E-state index in [9.17, 15) is 0 Å². The van der Waals surface area contributed by atoms with Gasteiger partial charge in [0.05, 0.1) is 0 Å². The van der Waals surface area contributed by atoms with Crippen molar-refractivity contribution in [1.82, 2.24) is 0 Å². The highest BCUT2D eigenvalue weighted by Crippen LogP contribution is 2.48. The van der Waals surface area contributed by atoms with E-state index in [1.54, 1.807) is 0 Å². The summed E-state index contributed by atoms with van der Waals surface area (Å²) < 4.78 is 13.8. The molecule has 4 nitrogen and oxygen atoms in total. The number of hydrogen-bond acceptors (Lipinski definition) is 4. The van der Waals surface area contributed by atoms with Gasteiger partial charge in [-0.2, -0.15) is 0 Å². The van der Waals surface area contributed by atoms with Crippen LogP contribution in [0.3, 0.4) is 0 Å². The van der Waals surface area contributed by atoms with E-state index in [-0.39, 0.29) is 0 Å². The highest BCUT2D eigenvalue weighted by molar-refractivity contribution is 6.30. The van der Waals surface area contributed by atoms with Gasteiger partial charge in [0.25, 0.3) is 0 Å². The molecule has 0 atom stereocenters. The summed E-state index contributed by atoms with van der Waals surface area (Å²) in [5, 5.41) is 13.6. The Labute approximate surface area is 426 Å². The molecule has 2 aromatic heterocycles. The zero-order chi connectivity index (χ0) is 48.7. The minimum Gasteiger partial charge on any atom is -0.455 e. The lowest BCUT2D eigenvalue weighted by molar-refractivity contribution is 0.672. The summed E-state index contributed by atoms with van der Waals surface area (Å²) in [7, 11) is 0. The van der Waals surface area contributed by atoms with Crippen LogP contribution in [0.1, 0.15) is 0 Å². The molecule has 13 aromatic carbocycles. The van der Waals surface area contributed by atoms with E-state index in [4.69, 9.17) is 8.83 Å². The quantitative estimate of drug-likeness (QED) is 0.112. The van der Waals surface area contributed by atoms with Crippen LogP contribution in [0.5, 0.6) is 0 Å². The maximum absolute atomic E-state index is 6.90. The number of fused-ring (bicyclic) bond motifs is 14. The number of hydrogen-bond donors (Lipinski definition) is 0. The van der Waals surface area contributed by atoms with Crippen molar-refractivity contribution in [3.8, 4) is 22.3 Å². The third-order valence-electron chi connectivity index (χ3n) is 15.0. The Kier molecular flexibility index (Phi) is 9.54. The third kappa shape index (κ3) is 6.69. The Hall–Kier alpha value is -9.90. The Bertz CT molecular complexity index is 4240. The van der Waals surface area contributed by atoms with Gasteiger partial charge in [-0.1, -0.05) is 146 Å². The maximum atomic E-state index is 6.90. The van der Waals surface area contributed by atoms with Gasteiger partial charge in [0, 0.05) is 66.4 Å². The first-order valence-electron chi connectivity index (χ1n) is 25.2. The van der Waals surface area contributed by atoms with Crippen molar-refractivity contribution in [3.05, 3.63) is 267 Å². The van der Waals surface area contributed by atoms with Crippen molar-refractivity contribution in [3.63, 3.8) is 0 Å². The van der Waals surface area contributed by atoms with E-state index in [2.05, 4.69) is 277 Å². The van der Waals surface area contributed by atoms with Crippen molar-refractivity contribution in [2.24, 2.45) is 0 Å². The highest BCUT2D eigenvalue weighted by atomic mass is 16.3. The van der Waals surface area contributed by atoms with E-state index >= 15 is 0 Å². The van der Waals surface area contributed by atoms with Gasteiger partial charge in [0.2, 0.25) is 0 Å². The number of anilines is 6. The molecule has 4 heteroatoms. The van der Waals surface area contributed by atoms with Gasteiger partial charge in [-0.25, -0.2) is 0 Å². The first-order chi connectivity index (χ1) is 36.7. The number of furan rings is 2. The molecule has 0 bridgehead atoms. The van der Waals surface area contributed by atoms with Crippen LogP contribution < -0.4 is 9.80 Å². The summed E-state index contributed by atoms with van der Waals surface area (Å²) in [5.74, 6) is 0. The lowest BCUT2D eigenvalue weighted by Crippen LogP contribution is -2.09. The van der Waals surface area contributed by atoms with E-state index in [1.165, 1.54) is 10.8 Å². The summed E-state index contributed by atoms with van der Waals surface area (Å²) in [4.78, 5) is 4.62. The smallest absolute Gasteiger partial charge is 0.143 e. The topological polar surface area (TPSA) is 32.8 Å². The first-order valence-corrected chi connectivity index (χ1v) is 25.2. The van der Waals surface area contributed by atoms with Gasteiger partial charge in [-0.05, 0) is 176 Å². The zero-order valence-electron chi connectivity index (χ0n) is 40.1. The molecule has 0 saturated heterocycles. The summed E-state index contributed by atoms with van der Waals surface area (Å²) >= 11 is 0. The van der Waals surface area contributed by atoms with Gasteiger partial charge >= 0.3 is 0 Å². The van der Waals surface area contributed by atoms with Crippen molar-refractivity contribution in [2.45, 2.75) is 0 Å². The van der Waals surface area contributed by atoms with E-state index in [0.29, 0.717) is 0 Å². The van der Waals surface area contributed by atoms with Crippen LogP contribution in [0.25, 0.3) is 109 Å². The van der Waals surface area contributed by atoms with E-state index in [0.717, 1.165) is 133 Å². The largest absolute Gasteiger partial charge is 0.455 e. The molecule has 2 heterocycles. The number of benzene rings is 13. The summed E-state index contributed by atoms with van der Waals surface area (Å²) in [6, 6.07) is 95.8. The van der Waals surface area contributed by atoms with Crippen molar-refractivity contribution < 1.29 is 8.83 Å². The van der Waals surface area contributed by atoms with Gasteiger partial charge in [-0.15, -0.1) is 0 Å². The molecule has 0 aliphatic rings. The summed E-state index contributed by atoms with van der Waals surface area (Å²) in [6.07, 6.45) is 0. The van der Waals surface area contributed by atoms with Crippen LogP contribution in [-0.2, 0) is 0 Å². The van der Waals surface area contributed by atoms with Crippen LogP contribution >= 0.6 is 0 Å². The van der Waals surface area contributed by atoms with E-state index < -0.39 is 0 Å². The summed E-state index contributed by atoms with van der Waals surface area (Å²) in [6.45, 7) is 0. The second kappa shape index (κ2) is 16.9. The van der Waals surface area contributed by atoms with Crippen LogP contribution in [0.15, 0.2) is 276 Å². The number of para-hydroxylation sites is 6. The molecule has 15 aromatic rings. The molecule has 0 unspecified atom stereocenters. The minimum absolute atomic E-state index is 0.881. The highest BCUT2D eigenvalue weighted by Gasteiger charge is 2.22. The average Bonchev–Trinajstić information content (AvgIpc) is 4.05. The molecule has 0 amide bonds. The fourth-order valence-electron chi connectivity index (χ4n) is 11.6. The van der Waals surface area contributed by atoms with Gasteiger partial charge in [0.15, 0.2) is 0 Å². The third-order valence-corrected chi connectivity index (χ3v) is 15.0. The second-order valence-corrected chi connectivity index (χ2v) is 19.2. The Morgan fingerprint density at radius 1 is 0.230 bits per heavy atom. The van der Waals surface area contributed by atoms with Crippen molar-refractivity contribution in [2.75, 3.05) is 9.80 Å². The Morgan fingerprint density at radius 3 is 0.905 bits per heavy atom. The van der Waals surface area contributed by atoms with Gasteiger partial charge in [0.1, 0.15) is 22.3 Å². The fraction of sp³-hybridized carbons (Fsp3) is 0. The van der Waals surface area contributed by atoms with Crippen LogP contribution in [0, 0.1) is 0 Å². The first kappa shape index (κ1) is 41.8. The van der Waals surface area contributed by atoms with Crippen molar-refractivity contribution in [1.29, 1.82) is 0 Å². The molecule has 0 radical (unpaired) electrons. The molecule has 346 valence electrons. The molecule has 15 rings (SSSR count). The predicted octanol–water partition coefficient (Wildman–Crippen LogP) is 20.4. The SMILES string of the molecule is c1ccc(N(c2ccccc2)c2ccc(-c3cc4cc5c(cc(-c6ccc(N(c7ccccc7)c7ccccc7)cc6)c6c5ccc5c7ccccc7oc56)cc4c4ccc5c6ccccc6oc5c34)cc2)cc1. The second-order valence-electron chi connectivity index (χ2n) is 19.2. The molecular formula is C70H44N2O2. The molecule has 0 aliphatic carbocycles. The van der Waals surface area contributed by atoms with E-state index in [1.807, 2.05) is 0 Å². The number of rotatable bonds is 8. The van der Waals surface area contributed by atoms with Crippen LogP contribution in [-0.4, -0.2) is 0 Å². The molecule has 0 saturated carbocycles. The molecule has 0 N–H and O–H groups in total. The lowest BCUT2D eigenvalue weighted by atomic mass is 9.87. The molecule has 0 fully saturated rings.